The molecule has 0 radical (unpaired) electrons. The maximum Gasteiger partial charge on any atom is 0.308 e. The fraction of sp³-hybridized carbons (Fsp3) is 0.348. The highest BCUT2D eigenvalue weighted by Gasteiger charge is 2.44. The first kappa shape index (κ1) is 22.3. The van der Waals surface area contributed by atoms with Crippen molar-refractivity contribution in [1.29, 1.82) is 0 Å². The average molecular weight is 426 g/mol. The molecule has 1 atom stereocenters. The van der Waals surface area contributed by atoms with Crippen LogP contribution < -0.4 is 4.74 Å². The van der Waals surface area contributed by atoms with E-state index in [0.717, 1.165) is 13.1 Å². The highest BCUT2D eigenvalue weighted by atomic mass is 16.5. The molecule has 8 nitrogen and oxygen atoms in total. The predicted octanol–water partition coefficient (Wildman–Crippen LogP) is 3.13. The standard InChI is InChI=1S/C23H26N2O6/c1-4-24(5-2)11-12-25-20(16-8-6-9-17(14-16)31-15(3)26)19(22(28)23(25)29)21(27)18-10-7-13-30-18/h6-10,13-14,20,28H,4-5,11-12H2,1-3H3. The number of furan rings is 1. The van der Waals surface area contributed by atoms with E-state index < -0.39 is 29.5 Å². The van der Waals surface area contributed by atoms with Gasteiger partial charge in [0.25, 0.3) is 5.91 Å². The van der Waals surface area contributed by atoms with Crippen LogP contribution >= 0.6 is 0 Å². The molecule has 1 aromatic carbocycles. The molecule has 8 heteroatoms. The van der Waals surface area contributed by atoms with E-state index in [1.807, 2.05) is 13.8 Å². The smallest absolute Gasteiger partial charge is 0.308 e. The Balaban J connectivity index is 2.03. The second kappa shape index (κ2) is 9.61. The SMILES string of the molecule is CCN(CC)CCN1C(=O)C(O)=C(C(=O)c2ccco2)C1c1cccc(OC(C)=O)c1. The number of aliphatic hydroxyl groups excluding tert-OH is 1. The Morgan fingerprint density at radius 1 is 1.19 bits per heavy atom. The Morgan fingerprint density at radius 2 is 1.94 bits per heavy atom. The number of carbonyl (C=O) groups is 3. The quantitative estimate of drug-likeness (QED) is 0.373. The molecule has 164 valence electrons. The van der Waals surface area contributed by atoms with E-state index in [2.05, 4.69) is 4.90 Å². The highest BCUT2D eigenvalue weighted by molar-refractivity contribution is 6.15. The van der Waals surface area contributed by atoms with Gasteiger partial charge in [-0.25, -0.2) is 0 Å². The van der Waals surface area contributed by atoms with Crippen LogP contribution in [-0.2, 0) is 9.59 Å². The highest BCUT2D eigenvalue weighted by Crippen LogP contribution is 2.39. The van der Waals surface area contributed by atoms with Gasteiger partial charge in [0, 0.05) is 20.0 Å². The number of benzene rings is 1. The van der Waals surface area contributed by atoms with E-state index in [0.29, 0.717) is 18.7 Å². The molecule has 0 aliphatic carbocycles. The molecule has 0 bridgehead atoms. The monoisotopic (exact) mass is 426 g/mol. The summed E-state index contributed by atoms with van der Waals surface area (Å²) in [4.78, 5) is 41.1. The summed E-state index contributed by atoms with van der Waals surface area (Å²) in [5, 5.41) is 10.7. The van der Waals surface area contributed by atoms with Crippen LogP contribution in [0.3, 0.4) is 0 Å². The molecule has 1 N–H and O–H groups in total. The summed E-state index contributed by atoms with van der Waals surface area (Å²) in [6, 6.07) is 8.82. The number of carbonyl (C=O) groups excluding carboxylic acids is 3. The van der Waals surface area contributed by atoms with Crippen LogP contribution in [0.25, 0.3) is 0 Å². The first-order valence-electron chi connectivity index (χ1n) is 10.2. The Labute approximate surface area is 180 Å². The molecule has 0 fully saturated rings. The molecule has 31 heavy (non-hydrogen) atoms. The van der Waals surface area contributed by atoms with Crippen LogP contribution in [0.2, 0.25) is 0 Å². The molecule has 0 saturated carbocycles. The number of hydrogen-bond acceptors (Lipinski definition) is 7. The zero-order valence-electron chi connectivity index (χ0n) is 17.8. The van der Waals surface area contributed by atoms with E-state index in [-0.39, 0.29) is 17.1 Å². The summed E-state index contributed by atoms with van der Waals surface area (Å²) in [7, 11) is 0. The average Bonchev–Trinajstić information content (AvgIpc) is 3.36. The number of esters is 1. The second-order valence-electron chi connectivity index (χ2n) is 7.16. The minimum absolute atomic E-state index is 0.0288. The predicted molar refractivity (Wildman–Crippen MR) is 113 cm³/mol. The number of amides is 1. The van der Waals surface area contributed by atoms with E-state index in [1.54, 1.807) is 30.3 Å². The maximum atomic E-state index is 13.1. The second-order valence-corrected chi connectivity index (χ2v) is 7.16. The first-order valence-corrected chi connectivity index (χ1v) is 10.2. The third-order valence-corrected chi connectivity index (χ3v) is 5.28. The van der Waals surface area contributed by atoms with E-state index >= 15 is 0 Å². The lowest BCUT2D eigenvalue weighted by atomic mass is 9.95. The van der Waals surface area contributed by atoms with Gasteiger partial charge in [0.05, 0.1) is 17.9 Å². The van der Waals surface area contributed by atoms with Crippen molar-refractivity contribution in [2.75, 3.05) is 26.2 Å². The van der Waals surface area contributed by atoms with Crippen molar-refractivity contribution in [3.05, 3.63) is 65.3 Å². The largest absolute Gasteiger partial charge is 0.503 e. The number of likely N-dealkylation sites (N-methyl/N-ethyl adjacent to an activating group) is 1. The lowest BCUT2D eigenvalue weighted by molar-refractivity contribution is -0.132. The van der Waals surface area contributed by atoms with Crippen molar-refractivity contribution in [1.82, 2.24) is 9.80 Å². The first-order chi connectivity index (χ1) is 14.9. The molecular weight excluding hydrogens is 400 g/mol. The van der Waals surface area contributed by atoms with Crippen molar-refractivity contribution in [3.63, 3.8) is 0 Å². The molecule has 0 saturated heterocycles. The van der Waals surface area contributed by atoms with Gasteiger partial charge in [0.15, 0.2) is 11.5 Å². The summed E-state index contributed by atoms with van der Waals surface area (Å²) in [5.74, 6) is -1.94. The molecule has 1 amide bonds. The van der Waals surface area contributed by atoms with Crippen LogP contribution in [0.5, 0.6) is 5.75 Å². The zero-order chi connectivity index (χ0) is 22.5. The Kier molecular flexibility index (Phi) is 6.91. The summed E-state index contributed by atoms with van der Waals surface area (Å²) >= 11 is 0. The molecule has 1 aliphatic rings. The summed E-state index contributed by atoms with van der Waals surface area (Å²) in [6.07, 6.45) is 1.36. The van der Waals surface area contributed by atoms with Crippen molar-refractivity contribution in [2.24, 2.45) is 0 Å². The van der Waals surface area contributed by atoms with Gasteiger partial charge in [0.1, 0.15) is 5.75 Å². The Hall–Kier alpha value is -3.39. The van der Waals surface area contributed by atoms with Gasteiger partial charge in [-0.1, -0.05) is 26.0 Å². The molecule has 3 rings (SSSR count). The normalized spacial score (nSPS) is 16.3. The van der Waals surface area contributed by atoms with Crippen molar-refractivity contribution < 1.29 is 28.6 Å². The van der Waals surface area contributed by atoms with Gasteiger partial charge in [-0.15, -0.1) is 0 Å². The molecule has 1 aromatic heterocycles. The van der Waals surface area contributed by atoms with E-state index in [1.165, 1.54) is 24.2 Å². The zero-order valence-corrected chi connectivity index (χ0v) is 17.8. The number of aliphatic hydroxyl groups is 1. The molecule has 2 aromatic rings. The fourth-order valence-electron chi connectivity index (χ4n) is 3.71. The third kappa shape index (κ3) is 4.69. The minimum Gasteiger partial charge on any atom is -0.503 e. The maximum absolute atomic E-state index is 13.1. The molecule has 2 heterocycles. The number of nitrogens with zero attached hydrogens (tertiary/aromatic N) is 2. The van der Waals surface area contributed by atoms with Crippen LogP contribution in [0.1, 0.15) is 42.9 Å². The van der Waals surface area contributed by atoms with Gasteiger partial charge in [0.2, 0.25) is 5.78 Å². The minimum atomic E-state index is -0.837. The third-order valence-electron chi connectivity index (χ3n) is 5.28. The van der Waals surface area contributed by atoms with Crippen molar-refractivity contribution >= 4 is 17.7 Å². The number of Topliss-reactive ketones (excluding diaryl/α,β-unsaturated/α-hetero) is 1. The van der Waals surface area contributed by atoms with Gasteiger partial charge in [-0.3, -0.25) is 14.4 Å². The van der Waals surface area contributed by atoms with Gasteiger partial charge >= 0.3 is 5.97 Å². The van der Waals surface area contributed by atoms with Crippen LogP contribution in [0, 0.1) is 0 Å². The van der Waals surface area contributed by atoms with Crippen molar-refractivity contribution in [3.8, 4) is 5.75 Å². The van der Waals surface area contributed by atoms with Crippen LogP contribution in [0.15, 0.2) is 58.4 Å². The molecule has 1 aliphatic heterocycles. The van der Waals surface area contributed by atoms with E-state index in [9.17, 15) is 19.5 Å². The number of ketones is 1. The van der Waals surface area contributed by atoms with E-state index in [4.69, 9.17) is 9.15 Å². The lowest BCUT2D eigenvalue weighted by Gasteiger charge is -2.29. The summed E-state index contributed by atoms with van der Waals surface area (Å²) in [6.45, 7) is 7.84. The molecule has 1 unspecified atom stereocenters. The summed E-state index contributed by atoms with van der Waals surface area (Å²) < 4.78 is 10.4. The van der Waals surface area contributed by atoms with Crippen LogP contribution in [0.4, 0.5) is 0 Å². The number of ether oxygens (including phenoxy) is 1. The molecule has 0 spiro atoms. The lowest BCUT2D eigenvalue weighted by Crippen LogP contribution is -2.38. The summed E-state index contributed by atoms with van der Waals surface area (Å²) in [5.41, 5.74) is 0.491. The van der Waals surface area contributed by atoms with Gasteiger partial charge in [-0.05, 0) is 42.9 Å². The van der Waals surface area contributed by atoms with Gasteiger partial charge in [-0.2, -0.15) is 0 Å². The van der Waals surface area contributed by atoms with Crippen molar-refractivity contribution in [2.45, 2.75) is 26.8 Å². The number of rotatable bonds is 9. The van der Waals surface area contributed by atoms with Gasteiger partial charge < -0.3 is 24.1 Å². The Bertz CT molecular complexity index is 991. The number of hydrogen-bond donors (Lipinski definition) is 1. The Morgan fingerprint density at radius 3 is 2.55 bits per heavy atom. The van der Waals surface area contributed by atoms with Crippen LogP contribution in [-0.4, -0.2) is 58.7 Å². The molecular formula is C23H26N2O6. The fourth-order valence-corrected chi connectivity index (χ4v) is 3.71. The topological polar surface area (TPSA) is 100 Å².